The molecule has 1 amide bonds. The van der Waals surface area contributed by atoms with Gasteiger partial charge in [-0.05, 0) is 18.2 Å². The second-order valence-corrected chi connectivity index (χ2v) is 5.67. The Labute approximate surface area is 125 Å². The highest BCUT2D eigenvalue weighted by Crippen LogP contribution is 2.28. The van der Waals surface area contributed by atoms with Crippen molar-refractivity contribution in [3.8, 4) is 0 Å². The fraction of sp³-hybridized carbons (Fsp3) is 0.412. The first-order chi connectivity index (χ1) is 10.2. The van der Waals surface area contributed by atoms with Gasteiger partial charge < -0.3 is 10.2 Å². The van der Waals surface area contributed by atoms with Crippen LogP contribution in [0.15, 0.2) is 30.5 Å². The van der Waals surface area contributed by atoms with Gasteiger partial charge in [-0.15, -0.1) is 0 Å². The SMILES string of the molecule is CNc1ncc(C(=O)N(C)C2CCCC2)c2ccccc12. The molecule has 0 saturated heterocycles. The van der Waals surface area contributed by atoms with Crippen molar-refractivity contribution in [1.29, 1.82) is 0 Å². The molecule has 1 aromatic carbocycles. The normalized spacial score (nSPS) is 15.3. The van der Waals surface area contributed by atoms with Crippen molar-refractivity contribution >= 4 is 22.5 Å². The standard InChI is InChI=1S/C17H21N3O/c1-18-16-14-10-6-5-9-13(14)15(11-19-16)17(21)20(2)12-7-3-4-8-12/h5-6,9-12H,3-4,7-8H2,1-2H3,(H,18,19). The highest BCUT2D eigenvalue weighted by molar-refractivity contribution is 6.09. The third kappa shape index (κ3) is 2.46. The predicted octanol–water partition coefficient (Wildman–Crippen LogP) is 3.29. The minimum absolute atomic E-state index is 0.0771. The lowest BCUT2D eigenvalue weighted by molar-refractivity contribution is 0.0737. The van der Waals surface area contributed by atoms with Crippen LogP contribution in [-0.2, 0) is 0 Å². The first-order valence-corrected chi connectivity index (χ1v) is 7.55. The quantitative estimate of drug-likeness (QED) is 0.940. The first-order valence-electron chi connectivity index (χ1n) is 7.55. The average molecular weight is 283 g/mol. The molecular weight excluding hydrogens is 262 g/mol. The molecule has 0 spiro atoms. The third-order valence-electron chi connectivity index (χ3n) is 4.46. The summed E-state index contributed by atoms with van der Waals surface area (Å²) < 4.78 is 0. The Morgan fingerprint density at radius 1 is 1.24 bits per heavy atom. The molecule has 1 saturated carbocycles. The minimum atomic E-state index is 0.0771. The largest absolute Gasteiger partial charge is 0.373 e. The van der Waals surface area contributed by atoms with Crippen LogP contribution in [0.3, 0.4) is 0 Å². The zero-order chi connectivity index (χ0) is 14.8. The highest BCUT2D eigenvalue weighted by Gasteiger charge is 2.25. The van der Waals surface area contributed by atoms with Gasteiger partial charge >= 0.3 is 0 Å². The molecule has 0 atom stereocenters. The smallest absolute Gasteiger partial charge is 0.256 e. The Balaban J connectivity index is 2.02. The van der Waals surface area contributed by atoms with E-state index in [1.54, 1.807) is 6.20 Å². The zero-order valence-corrected chi connectivity index (χ0v) is 12.6. The van der Waals surface area contributed by atoms with Crippen LogP contribution in [0.25, 0.3) is 10.8 Å². The van der Waals surface area contributed by atoms with Crippen LogP contribution in [0, 0.1) is 0 Å². The Morgan fingerprint density at radius 2 is 1.90 bits per heavy atom. The van der Waals surface area contributed by atoms with Crippen LogP contribution in [0.4, 0.5) is 5.82 Å². The monoisotopic (exact) mass is 283 g/mol. The zero-order valence-electron chi connectivity index (χ0n) is 12.6. The van der Waals surface area contributed by atoms with E-state index in [0.717, 1.165) is 29.4 Å². The van der Waals surface area contributed by atoms with Gasteiger partial charge in [0.25, 0.3) is 5.91 Å². The van der Waals surface area contributed by atoms with E-state index in [4.69, 9.17) is 0 Å². The highest BCUT2D eigenvalue weighted by atomic mass is 16.2. The van der Waals surface area contributed by atoms with E-state index in [-0.39, 0.29) is 5.91 Å². The number of nitrogens with one attached hydrogen (secondary N) is 1. The lowest BCUT2D eigenvalue weighted by atomic mass is 10.1. The number of carbonyl (C=O) groups excluding carboxylic acids is 1. The minimum Gasteiger partial charge on any atom is -0.373 e. The molecule has 4 heteroatoms. The van der Waals surface area contributed by atoms with Crippen molar-refractivity contribution in [2.75, 3.05) is 19.4 Å². The Bertz CT molecular complexity index is 662. The van der Waals surface area contributed by atoms with Gasteiger partial charge in [0.05, 0.1) is 5.56 Å². The summed E-state index contributed by atoms with van der Waals surface area (Å²) in [5.41, 5.74) is 0.694. The number of aromatic nitrogens is 1. The maximum absolute atomic E-state index is 12.8. The molecule has 3 rings (SSSR count). The van der Waals surface area contributed by atoms with Crippen molar-refractivity contribution in [2.45, 2.75) is 31.7 Å². The molecule has 21 heavy (non-hydrogen) atoms. The van der Waals surface area contributed by atoms with Crippen molar-refractivity contribution in [3.63, 3.8) is 0 Å². The van der Waals surface area contributed by atoms with Crippen molar-refractivity contribution in [3.05, 3.63) is 36.0 Å². The van der Waals surface area contributed by atoms with E-state index < -0.39 is 0 Å². The number of amides is 1. The van der Waals surface area contributed by atoms with E-state index in [1.807, 2.05) is 43.3 Å². The van der Waals surface area contributed by atoms with E-state index in [1.165, 1.54) is 12.8 Å². The third-order valence-corrected chi connectivity index (χ3v) is 4.46. The van der Waals surface area contributed by atoms with Gasteiger partial charge in [0.15, 0.2) is 0 Å². The van der Waals surface area contributed by atoms with Gasteiger partial charge in [0.1, 0.15) is 5.82 Å². The lowest BCUT2D eigenvalue weighted by Gasteiger charge is -2.25. The fourth-order valence-corrected chi connectivity index (χ4v) is 3.21. The molecule has 2 aromatic rings. The van der Waals surface area contributed by atoms with Gasteiger partial charge in [-0.1, -0.05) is 37.1 Å². The molecule has 1 aromatic heterocycles. The number of benzene rings is 1. The summed E-state index contributed by atoms with van der Waals surface area (Å²) in [5, 5.41) is 5.04. The van der Waals surface area contributed by atoms with Crippen LogP contribution in [0.1, 0.15) is 36.0 Å². The maximum atomic E-state index is 12.8. The molecule has 1 heterocycles. The maximum Gasteiger partial charge on any atom is 0.256 e. The second-order valence-electron chi connectivity index (χ2n) is 5.67. The number of hydrogen-bond acceptors (Lipinski definition) is 3. The summed E-state index contributed by atoms with van der Waals surface area (Å²) in [4.78, 5) is 19.1. The molecule has 110 valence electrons. The Kier molecular flexibility index (Phi) is 3.78. The number of fused-ring (bicyclic) bond motifs is 1. The van der Waals surface area contributed by atoms with Gasteiger partial charge in [-0.3, -0.25) is 4.79 Å². The predicted molar refractivity (Wildman–Crippen MR) is 85.6 cm³/mol. The average Bonchev–Trinajstić information content (AvgIpc) is 3.07. The number of anilines is 1. The molecular formula is C17H21N3O. The molecule has 4 nitrogen and oxygen atoms in total. The van der Waals surface area contributed by atoms with E-state index in [2.05, 4.69) is 10.3 Å². The molecule has 0 radical (unpaired) electrons. The molecule has 0 unspecified atom stereocenters. The van der Waals surface area contributed by atoms with Crippen LogP contribution >= 0.6 is 0 Å². The number of hydrogen-bond donors (Lipinski definition) is 1. The Hall–Kier alpha value is -2.10. The second kappa shape index (κ2) is 5.72. The molecule has 1 aliphatic carbocycles. The summed E-state index contributed by atoms with van der Waals surface area (Å²) >= 11 is 0. The first kappa shape index (κ1) is 13.9. The molecule has 1 fully saturated rings. The molecule has 0 aliphatic heterocycles. The summed E-state index contributed by atoms with van der Waals surface area (Å²) in [7, 11) is 3.76. The number of nitrogens with zero attached hydrogens (tertiary/aromatic N) is 2. The number of pyridine rings is 1. The summed E-state index contributed by atoms with van der Waals surface area (Å²) in [6.45, 7) is 0. The van der Waals surface area contributed by atoms with E-state index in [0.29, 0.717) is 11.6 Å². The summed E-state index contributed by atoms with van der Waals surface area (Å²) in [6, 6.07) is 8.31. The number of rotatable bonds is 3. The van der Waals surface area contributed by atoms with Crippen LogP contribution in [0.5, 0.6) is 0 Å². The molecule has 1 N–H and O–H groups in total. The van der Waals surface area contributed by atoms with Gasteiger partial charge in [0.2, 0.25) is 0 Å². The van der Waals surface area contributed by atoms with Crippen LogP contribution in [-0.4, -0.2) is 35.9 Å². The topological polar surface area (TPSA) is 45.2 Å². The molecule has 1 aliphatic rings. The Morgan fingerprint density at radius 3 is 2.57 bits per heavy atom. The number of carbonyl (C=O) groups is 1. The van der Waals surface area contributed by atoms with Crippen LogP contribution < -0.4 is 5.32 Å². The molecule has 0 bridgehead atoms. The van der Waals surface area contributed by atoms with Crippen molar-refractivity contribution in [2.24, 2.45) is 0 Å². The van der Waals surface area contributed by atoms with E-state index >= 15 is 0 Å². The van der Waals surface area contributed by atoms with E-state index in [9.17, 15) is 4.79 Å². The summed E-state index contributed by atoms with van der Waals surface area (Å²) in [5.74, 6) is 0.888. The van der Waals surface area contributed by atoms with Gasteiger partial charge in [0, 0.05) is 31.7 Å². The summed E-state index contributed by atoms with van der Waals surface area (Å²) in [6.07, 6.45) is 6.37. The van der Waals surface area contributed by atoms with Gasteiger partial charge in [-0.2, -0.15) is 0 Å². The van der Waals surface area contributed by atoms with Gasteiger partial charge in [-0.25, -0.2) is 4.98 Å². The fourth-order valence-electron chi connectivity index (χ4n) is 3.21. The van der Waals surface area contributed by atoms with Crippen molar-refractivity contribution < 1.29 is 4.79 Å². The lowest BCUT2D eigenvalue weighted by Crippen LogP contribution is -2.35. The van der Waals surface area contributed by atoms with Crippen molar-refractivity contribution in [1.82, 2.24) is 9.88 Å². The van der Waals surface area contributed by atoms with Crippen LogP contribution in [0.2, 0.25) is 0 Å².